The maximum atomic E-state index is 4.27. The third-order valence-electron chi connectivity index (χ3n) is 10.5. The predicted molar refractivity (Wildman–Crippen MR) is 233 cm³/mol. The fourth-order valence-electron chi connectivity index (χ4n) is 7.64. The molecule has 0 aliphatic carbocycles. The van der Waals surface area contributed by atoms with Gasteiger partial charge in [0.25, 0.3) is 0 Å². The van der Waals surface area contributed by atoms with Crippen molar-refractivity contribution in [2.75, 3.05) is 0 Å². The molecule has 8 nitrogen and oxygen atoms in total. The van der Waals surface area contributed by atoms with E-state index in [2.05, 4.69) is 137 Å². The standard InChI is InChI=1S/4C12H10N2/c4*1-8-12-10(6-7-13-8)9-4-2-3-5-11(9)14-12/h4*2-7,14H,1H3. The lowest BCUT2D eigenvalue weighted by molar-refractivity contribution is 1.22. The number of fused-ring (bicyclic) bond motifs is 12. The van der Waals surface area contributed by atoms with Crippen LogP contribution < -0.4 is 0 Å². The van der Waals surface area contributed by atoms with Crippen LogP contribution in [0.25, 0.3) is 87.2 Å². The Hall–Kier alpha value is -7.32. The first-order valence-electron chi connectivity index (χ1n) is 18.7. The highest BCUT2D eigenvalue weighted by Gasteiger charge is 2.08. The first kappa shape index (κ1) is 34.4. The number of hydrogen-bond acceptors (Lipinski definition) is 4. The minimum Gasteiger partial charge on any atom is -0.353 e. The third kappa shape index (κ3) is 6.27. The molecule has 8 heteroatoms. The maximum absolute atomic E-state index is 4.27. The zero-order valence-corrected chi connectivity index (χ0v) is 31.6. The second-order valence-electron chi connectivity index (χ2n) is 14.0. The molecule has 0 atom stereocenters. The van der Waals surface area contributed by atoms with E-state index in [-0.39, 0.29) is 0 Å². The van der Waals surface area contributed by atoms with Gasteiger partial charge < -0.3 is 19.9 Å². The van der Waals surface area contributed by atoms with Crippen LogP contribution in [0.4, 0.5) is 0 Å². The van der Waals surface area contributed by atoms with Crippen molar-refractivity contribution in [2.24, 2.45) is 0 Å². The minimum absolute atomic E-state index is 1.05. The summed E-state index contributed by atoms with van der Waals surface area (Å²) < 4.78 is 0. The summed E-state index contributed by atoms with van der Waals surface area (Å²) in [6.45, 7) is 8.10. The van der Waals surface area contributed by atoms with Gasteiger partial charge >= 0.3 is 0 Å². The van der Waals surface area contributed by atoms with Crippen LogP contribution in [0.3, 0.4) is 0 Å². The number of nitrogens with zero attached hydrogens (tertiary/aromatic N) is 4. The molecule has 0 saturated heterocycles. The van der Waals surface area contributed by atoms with Gasteiger partial charge in [0.05, 0.1) is 44.8 Å². The van der Waals surface area contributed by atoms with Crippen LogP contribution in [-0.2, 0) is 0 Å². The number of aryl methyl sites for hydroxylation is 4. The van der Waals surface area contributed by atoms with E-state index in [1.807, 2.05) is 76.7 Å². The van der Waals surface area contributed by atoms with Crippen molar-refractivity contribution in [3.63, 3.8) is 0 Å². The van der Waals surface area contributed by atoms with Gasteiger partial charge in [-0.15, -0.1) is 0 Å². The number of nitrogens with one attached hydrogen (secondary N) is 4. The Morgan fingerprint density at radius 1 is 0.268 bits per heavy atom. The third-order valence-corrected chi connectivity index (χ3v) is 10.5. The summed E-state index contributed by atoms with van der Waals surface area (Å²) in [5, 5.41) is 10.1. The highest BCUT2D eigenvalue weighted by molar-refractivity contribution is 6.10. The average Bonchev–Trinajstić information content (AvgIpc) is 4.01. The molecule has 0 fully saturated rings. The van der Waals surface area contributed by atoms with Gasteiger partial charge in [-0.05, 0) is 76.2 Å². The molecule has 0 unspecified atom stereocenters. The number of benzene rings is 4. The zero-order valence-electron chi connectivity index (χ0n) is 31.6. The molecule has 0 amide bonds. The Kier molecular flexibility index (Phi) is 8.91. The topological polar surface area (TPSA) is 115 Å². The maximum Gasteiger partial charge on any atom is 0.0681 e. The lowest BCUT2D eigenvalue weighted by atomic mass is 10.2. The summed E-state index contributed by atoms with van der Waals surface area (Å²) in [7, 11) is 0. The molecule has 0 aliphatic rings. The molecule has 0 radical (unpaired) electrons. The van der Waals surface area contributed by atoms with Gasteiger partial charge in [-0.25, -0.2) is 0 Å². The second-order valence-corrected chi connectivity index (χ2v) is 14.0. The van der Waals surface area contributed by atoms with Crippen LogP contribution in [0, 0.1) is 27.7 Å². The van der Waals surface area contributed by atoms with Crippen molar-refractivity contribution < 1.29 is 0 Å². The molecular formula is C48H40N8. The summed E-state index contributed by atoms with van der Waals surface area (Å²) >= 11 is 0. The van der Waals surface area contributed by atoms with Gasteiger partial charge in [0, 0.05) is 89.9 Å². The summed E-state index contributed by atoms with van der Waals surface area (Å²) in [6.07, 6.45) is 7.44. The van der Waals surface area contributed by atoms with Crippen molar-refractivity contribution in [3.8, 4) is 0 Å². The molecule has 12 aromatic rings. The fraction of sp³-hybridized carbons (Fsp3) is 0.0833. The van der Waals surface area contributed by atoms with Crippen LogP contribution in [0.2, 0.25) is 0 Å². The van der Waals surface area contributed by atoms with Crippen LogP contribution in [0.15, 0.2) is 146 Å². The molecule has 0 saturated carbocycles. The Bertz CT molecular complexity index is 2880. The summed E-state index contributed by atoms with van der Waals surface area (Å²) in [5.41, 5.74) is 13.5. The number of pyridine rings is 4. The van der Waals surface area contributed by atoms with E-state index >= 15 is 0 Å². The molecule has 12 rings (SSSR count). The lowest BCUT2D eigenvalue weighted by Gasteiger charge is -1.92. The highest BCUT2D eigenvalue weighted by Crippen LogP contribution is 2.29. The van der Waals surface area contributed by atoms with Crippen LogP contribution in [0.1, 0.15) is 22.8 Å². The smallest absolute Gasteiger partial charge is 0.0681 e. The van der Waals surface area contributed by atoms with Crippen molar-refractivity contribution in [3.05, 3.63) is 169 Å². The van der Waals surface area contributed by atoms with Crippen LogP contribution >= 0.6 is 0 Å². The molecular weight excluding hydrogens is 689 g/mol. The van der Waals surface area contributed by atoms with Gasteiger partial charge in [-0.1, -0.05) is 72.8 Å². The van der Waals surface area contributed by atoms with Crippen LogP contribution in [-0.4, -0.2) is 39.9 Å². The normalized spacial score (nSPS) is 11.2. The van der Waals surface area contributed by atoms with E-state index in [0.717, 1.165) is 44.8 Å². The molecule has 8 heterocycles. The Morgan fingerprint density at radius 2 is 0.482 bits per heavy atom. The molecule has 0 spiro atoms. The second kappa shape index (κ2) is 14.5. The Balaban J connectivity index is 0.0000000975. The quantitative estimate of drug-likeness (QED) is 0.124. The van der Waals surface area contributed by atoms with Crippen LogP contribution in [0.5, 0.6) is 0 Å². The Morgan fingerprint density at radius 3 is 0.714 bits per heavy atom. The van der Waals surface area contributed by atoms with E-state index < -0.39 is 0 Å². The monoisotopic (exact) mass is 728 g/mol. The average molecular weight is 729 g/mol. The predicted octanol–water partition coefficient (Wildman–Crippen LogP) is 12.1. The van der Waals surface area contributed by atoms with Crippen molar-refractivity contribution in [1.82, 2.24) is 39.9 Å². The molecule has 0 bridgehead atoms. The molecule has 8 aromatic heterocycles. The Labute approximate surface area is 322 Å². The first-order chi connectivity index (χ1) is 27.4. The van der Waals surface area contributed by atoms with Crippen molar-refractivity contribution >= 4 is 87.2 Å². The molecule has 0 aliphatic heterocycles. The van der Waals surface area contributed by atoms with E-state index in [1.54, 1.807) is 0 Å². The number of aromatic nitrogens is 8. The summed E-state index contributed by atoms with van der Waals surface area (Å²) in [4.78, 5) is 30.6. The van der Waals surface area contributed by atoms with E-state index in [4.69, 9.17) is 0 Å². The van der Waals surface area contributed by atoms with Gasteiger partial charge in [0.15, 0.2) is 0 Å². The van der Waals surface area contributed by atoms with Gasteiger partial charge in [0.1, 0.15) is 0 Å². The molecule has 56 heavy (non-hydrogen) atoms. The molecule has 272 valence electrons. The SMILES string of the molecule is Cc1nccc2c1[nH]c1ccccc12.Cc1nccc2c1[nH]c1ccccc12.Cc1nccc2c1[nH]c1ccccc12.Cc1nccc2c1[nH]c1ccccc12. The summed E-state index contributed by atoms with van der Waals surface area (Å²) in [6, 6.07) is 41.5. The van der Waals surface area contributed by atoms with E-state index in [9.17, 15) is 0 Å². The van der Waals surface area contributed by atoms with Gasteiger partial charge in [0.2, 0.25) is 0 Å². The minimum atomic E-state index is 1.05. The lowest BCUT2D eigenvalue weighted by Crippen LogP contribution is -1.79. The van der Waals surface area contributed by atoms with Gasteiger partial charge in [-0.3, -0.25) is 19.9 Å². The van der Waals surface area contributed by atoms with E-state index in [1.165, 1.54) is 65.2 Å². The number of para-hydroxylation sites is 4. The van der Waals surface area contributed by atoms with Crippen molar-refractivity contribution in [2.45, 2.75) is 27.7 Å². The van der Waals surface area contributed by atoms with Gasteiger partial charge in [-0.2, -0.15) is 0 Å². The first-order valence-corrected chi connectivity index (χ1v) is 18.7. The zero-order chi connectivity index (χ0) is 38.2. The number of aromatic amines is 4. The number of rotatable bonds is 0. The van der Waals surface area contributed by atoms with E-state index in [0.29, 0.717) is 0 Å². The fourth-order valence-corrected chi connectivity index (χ4v) is 7.64. The number of H-pyrrole nitrogens is 4. The molecule has 4 aromatic carbocycles. The number of hydrogen-bond donors (Lipinski definition) is 4. The summed E-state index contributed by atoms with van der Waals surface area (Å²) in [5.74, 6) is 0. The molecule has 4 N–H and O–H groups in total. The largest absolute Gasteiger partial charge is 0.353 e. The van der Waals surface area contributed by atoms with Crippen molar-refractivity contribution in [1.29, 1.82) is 0 Å². The highest BCUT2D eigenvalue weighted by atomic mass is 14.8.